The van der Waals surface area contributed by atoms with Crippen molar-refractivity contribution in [3.63, 3.8) is 0 Å². The van der Waals surface area contributed by atoms with Crippen molar-refractivity contribution in [1.29, 1.82) is 0 Å². The van der Waals surface area contributed by atoms with E-state index in [4.69, 9.17) is 0 Å². The molecule has 0 unspecified atom stereocenters. The summed E-state index contributed by atoms with van der Waals surface area (Å²) in [6, 6.07) is 11.0. The standard InChI is InChI=1S/C24H28N8O3/c33-22(26-8-9-27-23(34)15-4-5-15)14-32-13-16-10-17(6-7-19(16)31-32)29-24(35)20-2-1-3-21(30-20)28-18-11-25-12-18/h1-3,6-7,10,13,15,18,25H,4-5,8-9,11-12,14H2,(H,26,33)(H,27,34)(H,28,30)(H,29,35). The van der Waals surface area contributed by atoms with Crippen LogP contribution in [-0.2, 0) is 16.1 Å². The molecule has 1 saturated heterocycles. The second kappa shape index (κ2) is 10.1. The van der Waals surface area contributed by atoms with E-state index in [0.717, 1.165) is 31.3 Å². The van der Waals surface area contributed by atoms with Gasteiger partial charge in [-0.05, 0) is 43.2 Å². The third-order valence-corrected chi connectivity index (χ3v) is 5.93. The van der Waals surface area contributed by atoms with E-state index < -0.39 is 0 Å². The van der Waals surface area contributed by atoms with Gasteiger partial charge in [0.15, 0.2) is 0 Å². The molecule has 0 bridgehead atoms. The van der Waals surface area contributed by atoms with Gasteiger partial charge in [0.1, 0.15) is 18.1 Å². The highest BCUT2D eigenvalue weighted by Crippen LogP contribution is 2.28. The van der Waals surface area contributed by atoms with Gasteiger partial charge in [-0.25, -0.2) is 4.98 Å². The van der Waals surface area contributed by atoms with E-state index in [0.29, 0.717) is 41.8 Å². The third kappa shape index (κ3) is 5.93. The molecule has 5 N–H and O–H groups in total. The molecule has 0 radical (unpaired) electrons. The zero-order valence-electron chi connectivity index (χ0n) is 19.2. The molecule has 2 aliphatic rings. The molecule has 5 rings (SSSR count). The first-order valence-electron chi connectivity index (χ1n) is 11.8. The fraction of sp³-hybridized carbons (Fsp3) is 0.375. The van der Waals surface area contributed by atoms with Crippen molar-refractivity contribution in [2.24, 2.45) is 5.92 Å². The predicted octanol–water partition coefficient (Wildman–Crippen LogP) is 0.710. The van der Waals surface area contributed by atoms with E-state index in [2.05, 4.69) is 36.7 Å². The van der Waals surface area contributed by atoms with Crippen LogP contribution in [0.3, 0.4) is 0 Å². The van der Waals surface area contributed by atoms with E-state index in [1.54, 1.807) is 35.1 Å². The summed E-state index contributed by atoms with van der Waals surface area (Å²) < 4.78 is 1.56. The van der Waals surface area contributed by atoms with Gasteiger partial charge in [-0.1, -0.05) is 6.07 Å². The van der Waals surface area contributed by atoms with Crippen LogP contribution >= 0.6 is 0 Å². The maximum atomic E-state index is 12.7. The Morgan fingerprint density at radius 2 is 1.89 bits per heavy atom. The lowest BCUT2D eigenvalue weighted by molar-refractivity contribution is -0.123. The van der Waals surface area contributed by atoms with Gasteiger partial charge in [0, 0.05) is 49.4 Å². The summed E-state index contributed by atoms with van der Waals surface area (Å²) in [4.78, 5) is 40.9. The van der Waals surface area contributed by atoms with Crippen LogP contribution in [-0.4, -0.2) is 64.7 Å². The molecular weight excluding hydrogens is 448 g/mol. The Hall–Kier alpha value is -3.99. The number of carbonyl (C=O) groups is 3. The fourth-order valence-electron chi connectivity index (χ4n) is 3.75. The molecule has 1 aliphatic heterocycles. The van der Waals surface area contributed by atoms with E-state index in [9.17, 15) is 14.4 Å². The molecule has 0 atom stereocenters. The summed E-state index contributed by atoms with van der Waals surface area (Å²) in [5.41, 5.74) is 1.65. The van der Waals surface area contributed by atoms with E-state index >= 15 is 0 Å². The number of nitrogens with one attached hydrogen (secondary N) is 5. The van der Waals surface area contributed by atoms with Gasteiger partial charge in [-0.15, -0.1) is 0 Å². The second-order valence-electron chi connectivity index (χ2n) is 8.88. The van der Waals surface area contributed by atoms with E-state index in [-0.39, 0.29) is 30.2 Å². The lowest BCUT2D eigenvalue weighted by atomic mass is 10.2. The average molecular weight is 477 g/mol. The first-order valence-corrected chi connectivity index (χ1v) is 11.8. The zero-order valence-corrected chi connectivity index (χ0v) is 19.2. The summed E-state index contributed by atoms with van der Waals surface area (Å²) in [5, 5.41) is 20.2. The normalized spacial score (nSPS) is 15.3. The van der Waals surface area contributed by atoms with E-state index in [1.807, 2.05) is 12.1 Å². The number of pyridine rings is 1. The van der Waals surface area contributed by atoms with Gasteiger partial charge in [-0.2, -0.15) is 5.10 Å². The number of hydrogen-bond donors (Lipinski definition) is 5. The molecule has 3 aromatic rings. The number of anilines is 2. The minimum atomic E-state index is -0.305. The van der Waals surface area contributed by atoms with Crippen molar-refractivity contribution in [3.8, 4) is 0 Å². The molecule has 1 saturated carbocycles. The average Bonchev–Trinajstić information content (AvgIpc) is 3.60. The molecule has 3 heterocycles. The number of nitrogens with zero attached hydrogens (tertiary/aromatic N) is 3. The Bertz CT molecular complexity index is 1250. The van der Waals surface area contributed by atoms with Gasteiger partial charge in [-0.3, -0.25) is 19.1 Å². The number of fused-ring (bicyclic) bond motifs is 1. The van der Waals surface area contributed by atoms with Gasteiger partial charge in [0.05, 0.1) is 11.6 Å². The summed E-state index contributed by atoms with van der Waals surface area (Å²) in [7, 11) is 0. The quantitative estimate of drug-likeness (QED) is 0.271. The maximum absolute atomic E-state index is 12.7. The number of carbonyl (C=O) groups excluding carboxylic acids is 3. The Morgan fingerprint density at radius 3 is 2.66 bits per heavy atom. The van der Waals surface area contributed by atoms with Gasteiger partial charge in [0.25, 0.3) is 5.91 Å². The lowest BCUT2D eigenvalue weighted by Gasteiger charge is -2.28. The van der Waals surface area contributed by atoms with Crippen molar-refractivity contribution >= 4 is 40.1 Å². The second-order valence-corrected chi connectivity index (χ2v) is 8.88. The van der Waals surface area contributed by atoms with Gasteiger partial charge < -0.3 is 26.6 Å². The first kappa shape index (κ1) is 22.8. The highest BCUT2D eigenvalue weighted by molar-refractivity contribution is 6.04. The predicted molar refractivity (Wildman–Crippen MR) is 131 cm³/mol. The van der Waals surface area contributed by atoms with Crippen LogP contribution < -0.4 is 26.6 Å². The third-order valence-electron chi connectivity index (χ3n) is 5.93. The number of amides is 3. The van der Waals surface area contributed by atoms with Crippen molar-refractivity contribution < 1.29 is 14.4 Å². The van der Waals surface area contributed by atoms with Crippen molar-refractivity contribution in [3.05, 3.63) is 48.3 Å². The minimum absolute atomic E-state index is 0.0619. The van der Waals surface area contributed by atoms with Crippen LogP contribution in [0.25, 0.3) is 10.9 Å². The first-order chi connectivity index (χ1) is 17.0. The SMILES string of the molecule is O=C(Cn1cc2cc(NC(=O)c3cccc(NC4CNC4)n3)ccc2n1)NCCNC(=O)C1CC1. The molecule has 11 nitrogen and oxygen atoms in total. The summed E-state index contributed by atoms with van der Waals surface area (Å²) >= 11 is 0. The van der Waals surface area contributed by atoms with Crippen LogP contribution in [0.5, 0.6) is 0 Å². The Labute approximate surface area is 202 Å². The topological polar surface area (TPSA) is 142 Å². The van der Waals surface area contributed by atoms with Crippen LogP contribution in [0.1, 0.15) is 23.3 Å². The Balaban J connectivity index is 1.14. The molecule has 0 spiro atoms. The van der Waals surface area contributed by atoms with Crippen molar-refractivity contribution in [2.45, 2.75) is 25.4 Å². The Kier molecular flexibility index (Phi) is 6.57. The Morgan fingerprint density at radius 1 is 1.06 bits per heavy atom. The maximum Gasteiger partial charge on any atom is 0.274 e. The molecular formula is C24H28N8O3. The number of aromatic nitrogens is 3. The smallest absolute Gasteiger partial charge is 0.274 e. The summed E-state index contributed by atoms with van der Waals surface area (Å²) in [6.07, 6.45) is 3.67. The molecule has 1 aromatic carbocycles. The largest absolute Gasteiger partial charge is 0.365 e. The number of benzene rings is 1. The number of rotatable bonds is 10. The van der Waals surface area contributed by atoms with Crippen LogP contribution in [0.15, 0.2) is 42.6 Å². The molecule has 35 heavy (non-hydrogen) atoms. The molecule has 1 aliphatic carbocycles. The van der Waals surface area contributed by atoms with Gasteiger partial charge >= 0.3 is 0 Å². The summed E-state index contributed by atoms with van der Waals surface area (Å²) in [6.45, 7) is 2.61. The lowest BCUT2D eigenvalue weighted by Crippen LogP contribution is -2.51. The van der Waals surface area contributed by atoms with Gasteiger partial charge in [0.2, 0.25) is 11.8 Å². The molecule has 2 fully saturated rings. The number of hydrogen-bond acceptors (Lipinski definition) is 7. The van der Waals surface area contributed by atoms with Crippen LogP contribution in [0.4, 0.5) is 11.5 Å². The van der Waals surface area contributed by atoms with Crippen LogP contribution in [0.2, 0.25) is 0 Å². The van der Waals surface area contributed by atoms with E-state index in [1.165, 1.54) is 0 Å². The summed E-state index contributed by atoms with van der Waals surface area (Å²) in [5.74, 6) is 0.394. The molecule has 3 amide bonds. The van der Waals surface area contributed by atoms with Crippen molar-refractivity contribution in [2.75, 3.05) is 36.8 Å². The monoisotopic (exact) mass is 476 g/mol. The highest BCUT2D eigenvalue weighted by Gasteiger charge is 2.29. The zero-order chi connectivity index (χ0) is 24.2. The molecule has 182 valence electrons. The highest BCUT2D eigenvalue weighted by atomic mass is 16.2. The fourth-order valence-corrected chi connectivity index (χ4v) is 3.75. The van der Waals surface area contributed by atoms with Crippen LogP contribution in [0, 0.1) is 5.92 Å². The van der Waals surface area contributed by atoms with Crippen molar-refractivity contribution in [1.82, 2.24) is 30.7 Å². The molecule has 2 aromatic heterocycles. The minimum Gasteiger partial charge on any atom is -0.365 e. The molecule has 11 heteroatoms.